The van der Waals surface area contributed by atoms with Gasteiger partial charge in [0.1, 0.15) is 0 Å². The molecule has 0 bridgehead atoms. The predicted octanol–water partition coefficient (Wildman–Crippen LogP) is 7.36. The molecule has 0 N–H and O–H groups in total. The van der Waals surface area contributed by atoms with Crippen molar-refractivity contribution in [1.29, 1.82) is 0 Å². The lowest BCUT2D eigenvalue weighted by atomic mass is 9.34. The van der Waals surface area contributed by atoms with E-state index in [4.69, 9.17) is 0 Å². The molecule has 9 aliphatic rings. The van der Waals surface area contributed by atoms with Crippen LogP contribution in [-0.2, 0) is 0 Å². The molecule has 1 heterocycles. The van der Waals surface area contributed by atoms with Crippen molar-refractivity contribution in [1.82, 2.24) is 4.90 Å². The normalized spacial score (nSPS) is 63.8. The second-order valence-corrected chi connectivity index (χ2v) is 15.9. The van der Waals surface area contributed by atoms with Gasteiger partial charge in [-0.2, -0.15) is 0 Å². The van der Waals surface area contributed by atoms with Crippen molar-refractivity contribution in [3.63, 3.8) is 0 Å². The number of rotatable bonds is 0. The van der Waals surface area contributed by atoms with Crippen molar-refractivity contribution in [2.45, 2.75) is 89.9 Å². The molecule has 1 nitrogen and oxygen atoms in total. The smallest absolute Gasteiger partial charge is 0.000959 e. The number of piperidine rings is 1. The molecule has 1 heteroatoms. The van der Waals surface area contributed by atoms with Crippen LogP contribution < -0.4 is 0 Å². The van der Waals surface area contributed by atoms with Gasteiger partial charge < -0.3 is 4.90 Å². The van der Waals surface area contributed by atoms with Gasteiger partial charge in [-0.3, -0.25) is 0 Å². The third-order valence-electron chi connectivity index (χ3n) is 15.4. The van der Waals surface area contributed by atoms with E-state index >= 15 is 0 Å². The highest BCUT2D eigenvalue weighted by Crippen LogP contribution is 2.72. The average Bonchev–Trinajstić information content (AvgIpc) is 2.87. The average molecular weight is 462 g/mol. The summed E-state index contributed by atoms with van der Waals surface area (Å²) in [5.74, 6) is 18.4. The molecule has 8 aliphatic carbocycles. The summed E-state index contributed by atoms with van der Waals surface area (Å²) in [6.45, 7) is 2.88. The van der Waals surface area contributed by atoms with Crippen molar-refractivity contribution in [2.75, 3.05) is 20.1 Å². The molecule has 8 saturated carbocycles. The minimum absolute atomic E-state index is 1.06. The summed E-state index contributed by atoms with van der Waals surface area (Å²) in [5, 5.41) is 0. The molecule has 0 aromatic carbocycles. The molecule has 0 aromatic heterocycles. The lowest BCUT2D eigenvalue weighted by Crippen LogP contribution is -2.66. The van der Waals surface area contributed by atoms with Crippen LogP contribution in [0.5, 0.6) is 0 Å². The van der Waals surface area contributed by atoms with Crippen molar-refractivity contribution in [3.05, 3.63) is 0 Å². The van der Waals surface area contributed by atoms with Crippen LogP contribution in [0, 0.1) is 94.7 Å². The Bertz CT molecular complexity index is 759. The summed E-state index contributed by atoms with van der Waals surface area (Å²) in [5.41, 5.74) is 0. The minimum Gasteiger partial charge on any atom is -0.306 e. The predicted molar refractivity (Wildman–Crippen MR) is 138 cm³/mol. The molecule has 0 spiro atoms. The first kappa shape index (κ1) is 21.0. The largest absolute Gasteiger partial charge is 0.306 e. The number of fused-ring (bicyclic) bond motifs is 4. The van der Waals surface area contributed by atoms with Crippen LogP contribution in [0.2, 0.25) is 0 Å². The van der Waals surface area contributed by atoms with Crippen molar-refractivity contribution < 1.29 is 0 Å². The zero-order valence-electron chi connectivity index (χ0n) is 22.0. The molecule has 1 aliphatic heterocycles. The van der Waals surface area contributed by atoms with Gasteiger partial charge in [0.25, 0.3) is 0 Å². The van der Waals surface area contributed by atoms with E-state index in [1.54, 1.807) is 89.9 Å². The fourth-order valence-electron chi connectivity index (χ4n) is 15.3. The fourth-order valence-corrected chi connectivity index (χ4v) is 15.3. The van der Waals surface area contributed by atoms with E-state index in [-0.39, 0.29) is 0 Å². The van der Waals surface area contributed by atoms with Gasteiger partial charge in [-0.25, -0.2) is 0 Å². The van der Waals surface area contributed by atoms with Gasteiger partial charge in [0, 0.05) is 13.1 Å². The summed E-state index contributed by atoms with van der Waals surface area (Å²) in [6, 6.07) is 0. The SMILES string of the molecule is CN1CC2CCC3C4CCC5C6CCCC7CCCC(C8CCC(C9CCC(C1)C2C39)C4C58)C76. The standard InChI is InChI=1S/C33H51N/c1-34-16-19-8-10-23-27-14-12-25-21-6-2-4-18-5-3-7-22(30(18)21)26-13-15-28(33(27)32(25)26)24-11-9-20(17-34)29(19)31(23)24/h18-33H,2-17H2,1H3. The molecular weight excluding hydrogens is 410 g/mol. The maximum atomic E-state index is 2.73. The van der Waals surface area contributed by atoms with Crippen LogP contribution in [0.3, 0.4) is 0 Å². The van der Waals surface area contributed by atoms with Crippen LogP contribution >= 0.6 is 0 Å². The van der Waals surface area contributed by atoms with Crippen molar-refractivity contribution in [3.8, 4) is 0 Å². The van der Waals surface area contributed by atoms with Crippen LogP contribution in [-0.4, -0.2) is 25.0 Å². The maximum Gasteiger partial charge on any atom is 0.000959 e. The van der Waals surface area contributed by atoms with E-state index < -0.39 is 0 Å². The van der Waals surface area contributed by atoms with Gasteiger partial charge in [-0.1, -0.05) is 25.7 Å². The summed E-state index contributed by atoms with van der Waals surface area (Å²) >= 11 is 0. The van der Waals surface area contributed by atoms with E-state index in [2.05, 4.69) is 11.9 Å². The Morgan fingerprint density at radius 3 is 1.21 bits per heavy atom. The number of likely N-dealkylation sites (tertiary alicyclic amines) is 1. The Balaban J connectivity index is 1.10. The van der Waals surface area contributed by atoms with E-state index in [1.165, 1.54) is 54.5 Å². The van der Waals surface area contributed by atoms with Gasteiger partial charge in [0.05, 0.1) is 0 Å². The molecule has 9 rings (SSSR count). The Morgan fingerprint density at radius 1 is 0.353 bits per heavy atom. The van der Waals surface area contributed by atoms with E-state index in [0.29, 0.717) is 0 Å². The first-order valence-electron chi connectivity index (χ1n) is 16.5. The van der Waals surface area contributed by atoms with Gasteiger partial charge >= 0.3 is 0 Å². The van der Waals surface area contributed by atoms with Crippen molar-refractivity contribution >= 4 is 0 Å². The van der Waals surface area contributed by atoms with Gasteiger partial charge in [-0.05, 0) is 166 Å². The zero-order valence-corrected chi connectivity index (χ0v) is 22.0. The van der Waals surface area contributed by atoms with Crippen LogP contribution in [0.25, 0.3) is 0 Å². The Morgan fingerprint density at radius 2 is 0.735 bits per heavy atom. The number of hydrogen-bond acceptors (Lipinski definition) is 1. The van der Waals surface area contributed by atoms with E-state index in [1.807, 2.05) is 0 Å². The highest BCUT2D eigenvalue weighted by Gasteiger charge is 2.66. The highest BCUT2D eigenvalue weighted by atomic mass is 15.1. The Labute approximate surface area is 209 Å². The molecule has 34 heavy (non-hydrogen) atoms. The van der Waals surface area contributed by atoms with E-state index in [9.17, 15) is 0 Å². The molecule has 0 radical (unpaired) electrons. The molecule has 0 aromatic rings. The van der Waals surface area contributed by atoms with Crippen LogP contribution in [0.1, 0.15) is 89.9 Å². The molecule has 0 amide bonds. The van der Waals surface area contributed by atoms with E-state index in [0.717, 1.165) is 53.3 Å². The highest BCUT2D eigenvalue weighted by molar-refractivity contribution is 5.15. The first-order valence-corrected chi connectivity index (χ1v) is 16.5. The van der Waals surface area contributed by atoms with Gasteiger partial charge in [0.2, 0.25) is 0 Å². The summed E-state index contributed by atoms with van der Waals surface area (Å²) in [7, 11) is 2.44. The van der Waals surface area contributed by atoms with Crippen molar-refractivity contribution in [2.24, 2.45) is 94.7 Å². The Kier molecular flexibility index (Phi) is 4.63. The third-order valence-corrected chi connectivity index (χ3v) is 15.4. The van der Waals surface area contributed by atoms with Crippen LogP contribution in [0.4, 0.5) is 0 Å². The topological polar surface area (TPSA) is 3.24 Å². The number of nitrogens with zero attached hydrogens (tertiary/aromatic N) is 1. The summed E-state index contributed by atoms with van der Waals surface area (Å²) < 4.78 is 0. The summed E-state index contributed by atoms with van der Waals surface area (Å²) in [4.78, 5) is 2.73. The Hall–Kier alpha value is -0.0400. The van der Waals surface area contributed by atoms with Gasteiger partial charge in [0.15, 0.2) is 0 Å². The quantitative estimate of drug-likeness (QED) is 0.364. The monoisotopic (exact) mass is 461 g/mol. The van der Waals surface area contributed by atoms with Crippen LogP contribution in [0.15, 0.2) is 0 Å². The third kappa shape index (κ3) is 2.63. The summed E-state index contributed by atoms with van der Waals surface area (Å²) in [6.07, 6.45) is 22.8. The lowest BCUT2D eigenvalue weighted by Gasteiger charge is -2.71. The second kappa shape index (κ2) is 7.51. The number of hydrogen-bond donors (Lipinski definition) is 0. The maximum absolute atomic E-state index is 2.73. The molecule has 188 valence electrons. The van der Waals surface area contributed by atoms with Gasteiger partial charge in [-0.15, -0.1) is 0 Å². The second-order valence-electron chi connectivity index (χ2n) is 15.9. The fraction of sp³-hybridized carbons (Fsp3) is 1.00. The lowest BCUT2D eigenvalue weighted by molar-refractivity contribution is -0.227. The first-order chi connectivity index (χ1) is 16.8. The molecule has 9 fully saturated rings. The molecular formula is C33H51N. The zero-order chi connectivity index (χ0) is 22.1. The molecule has 10 unspecified atom stereocenters. The minimum atomic E-state index is 1.06. The molecule has 10 atom stereocenters. The molecule has 1 saturated heterocycles.